The van der Waals surface area contributed by atoms with E-state index in [1.54, 1.807) is 6.21 Å². The molecule has 1 heterocycles. The summed E-state index contributed by atoms with van der Waals surface area (Å²) in [4.78, 5) is 23.6. The summed E-state index contributed by atoms with van der Waals surface area (Å²) in [6.45, 7) is -0.262. The number of benzene rings is 2. The van der Waals surface area contributed by atoms with Crippen LogP contribution in [-0.2, 0) is 11.8 Å². The maximum Gasteiger partial charge on any atom is 0.259 e. The number of nitrogens with zero attached hydrogens (tertiary/aromatic N) is 2. The third-order valence-electron chi connectivity index (χ3n) is 3.82. The summed E-state index contributed by atoms with van der Waals surface area (Å²) in [5.41, 5.74) is 4.43. The van der Waals surface area contributed by atoms with Gasteiger partial charge >= 0.3 is 0 Å². The minimum atomic E-state index is -0.530. The van der Waals surface area contributed by atoms with Gasteiger partial charge in [-0.1, -0.05) is 24.3 Å². The molecule has 0 radical (unpaired) electrons. The molecule has 0 aliphatic carbocycles. The predicted molar refractivity (Wildman–Crippen MR) is 97.4 cm³/mol. The lowest BCUT2D eigenvalue weighted by atomic mass is 10.2. The molecule has 0 saturated heterocycles. The molecular weight excluding hydrogens is 335 g/mol. The topological polar surface area (TPSA) is 75.5 Å². The van der Waals surface area contributed by atoms with Gasteiger partial charge in [0.1, 0.15) is 5.82 Å². The molecule has 0 aliphatic rings. The molecule has 3 aromatic rings. The number of rotatable bonds is 5. The Labute approximate surface area is 149 Å². The zero-order valence-electron chi connectivity index (χ0n) is 14.1. The van der Waals surface area contributed by atoms with Crippen molar-refractivity contribution in [2.24, 2.45) is 12.1 Å². The lowest BCUT2D eigenvalue weighted by Crippen LogP contribution is -2.34. The summed E-state index contributed by atoms with van der Waals surface area (Å²) >= 11 is 0. The first-order valence-corrected chi connectivity index (χ1v) is 7.94. The molecule has 2 N–H and O–H groups in total. The Hall–Kier alpha value is -3.48. The molecule has 132 valence electrons. The van der Waals surface area contributed by atoms with E-state index in [4.69, 9.17) is 0 Å². The van der Waals surface area contributed by atoms with Gasteiger partial charge in [0.05, 0.1) is 12.8 Å². The highest BCUT2D eigenvalue weighted by Gasteiger charge is 2.08. The number of carbonyl (C=O) groups excluding carboxylic acids is 2. The van der Waals surface area contributed by atoms with Crippen LogP contribution < -0.4 is 10.7 Å². The van der Waals surface area contributed by atoms with Gasteiger partial charge in [-0.3, -0.25) is 9.59 Å². The molecule has 0 fully saturated rings. The maximum absolute atomic E-state index is 13.1. The zero-order chi connectivity index (χ0) is 18.5. The van der Waals surface area contributed by atoms with Crippen LogP contribution in [0.25, 0.3) is 10.9 Å². The van der Waals surface area contributed by atoms with Crippen LogP contribution in [0.15, 0.2) is 59.8 Å². The minimum absolute atomic E-state index is 0.150. The SMILES string of the molecule is Cn1cc(C=NNC(=O)CNC(=O)c2cccc(F)c2)c2ccccc21. The van der Waals surface area contributed by atoms with Crippen molar-refractivity contribution in [3.63, 3.8) is 0 Å². The van der Waals surface area contributed by atoms with Crippen LogP contribution in [0, 0.1) is 5.82 Å². The highest BCUT2D eigenvalue weighted by atomic mass is 19.1. The molecule has 0 saturated carbocycles. The number of hydrogen-bond donors (Lipinski definition) is 2. The van der Waals surface area contributed by atoms with Gasteiger partial charge in [0.25, 0.3) is 11.8 Å². The van der Waals surface area contributed by atoms with Crippen molar-refractivity contribution in [1.29, 1.82) is 0 Å². The number of aromatic nitrogens is 1. The molecule has 2 amide bonds. The lowest BCUT2D eigenvalue weighted by Gasteiger charge is -2.04. The van der Waals surface area contributed by atoms with E-state index in [1.807, 2.05) is 42.1 Å². The van der Waals surface area contributed by atoms with Gasteiger partial charge in [-0.05, 0) is 24.3 Å². The number of halogens is 1. The normalized spacial score (nSPS) is 11.0. The van der Waals surface area contributed by atoms with Crippen molar-refractivity contribution in [1.82, 2.24) is 15.3 Å². The molecule has 0 unspecified atom stereocenters. The van der Waals surface area contributed by atoms with Crippen LogP contribution in [0.4, 0.5) is 4.39 Å². The maximum atomic E-state index is 13.1. The molecular formula is C19H17FN4O2. The summed E-state index contributed by atoms with van der Waals surface area (Å²) in [5, 5.41) is 7.35. The van der Waals surface area contributed by atoms with Crippen LogP contribution in [0.5, 0.6) is 0 Å². The first-order valence-electron chi connectivity index (χ1n) is 7.94. The standard InChI is InChI=1S/C19H17FN4O2/c1-24-12-14(16-7-2-3-8-17(16)24)10-22-23-18(25)11-21-19(26)13-5-4-6-15(20)9-13/h2-10,12H,11H2,1H3,(H,21,26)(H,23,25). The summed E-state index contributed by atoms with van der Waals surface area (Å²) in [7, 11) is 1.93. The number of fused-ring (bicyclic) bond motifs is 1. The van der Waals surface area contributed by atoms with Crippen molar-refractivity contribution in [2.45, 2.75) is 0 Å². The summed E-state index contributed by atoms with van der Waals surface area (Å²) in [6.07, 6.45) is 3.46. The highest BCUT2D eigenvalue weighted by Crippen LogP contribution is 2.18. The molecule has 0 spiro atoms. The number of para-hydroxylation sites is 1. The second-order valence-corrected chi connectivity index (χ2v) is 5.70. The third-order valence-corrected chi connectivity index (χ3v) is 3.82. The Balaban J connectivity index is 1.55. The number of carbonyl (C=O) groups is 2. The fourth-order valence-corrected chi connectivity index (χ4v) is 2.58. The van der Waals surface area contributed by atoms with Crippen molar-refractivity contribution < 1.29 is 14.0 Å². The fourth-order valence-electron chi connectivity index (χ4n) is 2.58. The molecule has 26 heavy (non-hydrogen) atoms. The van der Waals surface area contributed by atoms with Crippen molar-refractivity contribution in [2.75, 3.05) is 6.54 Å². The van der Waals surface area contributed by atoms with Gasteiger partial charge in [-0.15, -0.1) is 0 Å². The third kappa shape index (κ3) is 3.94. The Kier molecular flexibility index (Phi) is 5.07. The van der Waals surface area contributed by atoms with E-state index < -0.39 is 17.6 Å². The second-order valence-electron chi connectivity index (χ2n) is 5.70. The Morgan fingerprint density at radius 2 is 2.00 bits per heavy atom. The van der Waals surface area contributed by atoms with E-state index >= 15 is 0 Å². The summed E-state index contributed by atoms with van der Waals surface area (Å²) in [6, 6.07) is 13.1. The fraction of sp³-hybridized carbons (Fsp3) is 0.105. The van der Waals surface area contributed by atoms with E-state index in [1.165, 1.54) is 18.2 Å². The molecule has 2 aromatic carbocycles. The van der Waals surface area contributed by atoms with Crippen molar-refractivity contribution in [3.05, 3.63) is 71.7 Å². The summed E-state index contributed by atoms with van der Waals surface area (Å²) in [5.74, 6) is -1.52. The molecule has 7 heteroatoms. The monoisotopic (exact) mass is 352 g/mol. The van der Waals surface area contributed by atoms with E-state index in [9.17, 15) is 14.0 Å². The minimum Gasteiger partial charge on any atom is -0.350 e. The largest absolute Gasteiger partial charge is 0.350 e. The number of nitrogens with one attached hydrogen (secondary N) is 2. The van der Waals surface area contributed by atoms with Crippen LogP contribution in [0.2, 0.25) is 0 Å². The van der Waals surface area contributed by atoms with Crippen LogP contribution in [-0.4, -0.2) is 29.1 Å². The molecule has 0 atom stereocenters. The predicted octanol–water partition coefficient (Wildman–Crippen LogP) is 2.20. The molecule has 6 nitrogen and oxygen atoms in total. The molecule has 3 rings (SSSR count). The number of amides is 2. The Morgan fingerprint density at radius 3 is 2.81 bits per heavy atom. The molecule has 1 aromatic heterocycles. The van der Waals surface area contributed by atoms with Gasteiger partial charge in [0.2, 0.25) is 0 Å². The Morgan fingerprint density at radius 1 is 1.19 bits per heavy atom. The van der Waals surface area contributed by atoms with Crippen molar-refractivity contribution >= 4 is 28.9 Å². The van der Waals surface area contributed by atoms with Gasteiger partial charge < -0.3 is 9.88 Å². The molecule has 0 bridgehead atoms. The van der Waals surface area contributed by atoms with E-state index in [0.29, 0.717) is 0 Å². The van der Waals surface area contributed by atoms with Gasteiger partial charge in [0.15, 0.2) is 0 Å². The van der Waals surface area contributed by atoms with Gasteiger partial charge in [-0.2, -0.15) is 5.10 Å². The number of hydrogen-bond acceptors (Lipinski definition) is 3. The first kappa shape index (κ1) is 17.3. The van der Waals surface area contributed by atoms with E-state index in [2.05, 4.69) is 15.8 Å². The lowest BCUT2D eigenvalue weighted by molar-refractivity contribution is -0.120. The number of hydrazone groups is 1. The van der Waals surface area contributed by atoms with Gasteiger partial charge in [0, 0.05) is 35.3 Å². The smallest absolute Gasteiger partial charge is 0.259 e. The average molecular weight is 352 g/mol. The average Bonchev–Trinajstić information content (AvgIpc) is 2.96. The summed E-state index contributed by atoms with van der Waals surface area (Å²) < 4.78 is 15.1. The van der Waals surface area contributed by atoms with Crippen LogP contribution >= 0.6 is 0 Å². The van der Waals surface area contributed by atoms with Crippen LogP contribution in [0.1, 0.15) is 15.9 Å². The quantitative estimate of drug-likeness (QED) is 0.546. The first-order chi connectivity index (χ1) is 12.5. The van der Waals surface area contributed by atoms with E-state index in [0.717, 1.165) is 22.5 Å². The zero-order valence-corrected chi connectivity index (χ0v) is 14.1. The van der Waals surface area contributed by atoms with E-state index in [-0.39, 0.29) is 12.1 Å². The van der Waals surface area contributed by atoms with Crippen molar-refractivity contribution in [3.8, 4) is 0 Å². The Bertz CT molecular complexity index is 994. The second kappa shape index (κ2) is 7.60. The molecule has 0 aliphatic heterocycles. The van der Waals surface area contributed by atoms with Crippen LogP contribution in [0.3, 0.4) is 0 Å². The number of aryl methyl sites for hydroxylation is 1. The highest BCUT2D eigenvalue weighted by molar-refractivity contribution is 6.00. The van der Waals surface area contributed by atoms with Gasteiger partial charge in [-0.25, -0.2) is 9.82 Å².